The summed E-state index contributed by atoms with van der Waals surface area (Å²) in [7, 11) is 0. The third-order valence-electron chi connectivity index (χ3n) is 4.57. The van der Waals surface area contributed by atoms with E-state index >= 15 is 0 Å². The van der Waals surface area contributed by atoms with Gasteiger partial charge in [0.05, 0.1) is 23.4 Å². The minimum absolute atomic E-state index is 0.0897. The number of aromatic nitrogens is 1. The van der Waals surface area contributed by atoms with Gasteiger partial charge in [-0.3, -0.25) is 9.59 Å². The molecule has 0 bridgehead atoms. The number of para-hydroxylation sites is 1. The summed E-state index contributed by atoms with van der Waals surface area (Å²) in [4.78, 5) is 24.8. The van der Waals surface area contributed by atoms with E-state index in [-0.39, 0.29) is 23.4 Å². The summed E-state index contributed by atoms with van der Waals surface area (Å²) < 4.78 is 40.8. The van der Waals surface area contributed by atoms with E-state index in [1.807, 2.05) is 32.0 Å². The van der Waals surface area contributed by atoms with E-state index in [4.69, 9.17) is 0 Å². The van der Waals surface area contributed by atoms with Crippen molar-refractivity contribution < 1.29 is 18.0 Å². The normalized spacial score (nSPS) is 11.3. The monoisotopic (exact) mass is 400 g/mol. The fourth-order valence-electron chi connectivity index (χ4n) is 2.98. The maximum atomic E-state index is 13.1. The molecule has 0 radical (unpaired) electrons. The molecular weight excluding hydrogens is 381 g/mol. The van der Waals surface area contributed by atoms with Crippen molar-refractivity contribution in [3.63, 3.8) is 0 Å². The molecule has 7 heteroatoms. The smallest absolute Gasteiger partial charge is 0.321 e. The Morgan fingerprint density at radius 3 is 2.48 bits per heavy atom. The minimum atomic E-state index is -4.59. The van der Waals surface area contributed by atoms with E-state index in [2.05, 4.69) is 5.32 Å². The SMILES string of the molecule is Cc1ccc(C)c(Cn2cc(C(=O)Nc3ccccc3C(F)(F)F)ccc2=O)c1. The van der Waals surface area contributed by atoms with Gasteiger partial charge in [0.1, 0.15) is 0 Å². The van der Waals surface area contributed by atoms with Crippen molar-refractivity contribution in [2.75, 3.05) is 5.32 Å². The number of nitrogens with zero attached hydrogens (tertiary/aromatic N) is 1. The van der Waals surface area contributed by atoms with Crippen LogP contribution in [-0.2, 0) is 12.7 Å². The molecule has 0 aliphatic carbocycles. The van der Waals surface area contributed by atoms with Gasteiger partial charge in [0, 0.05) is 12.3 Å². The number of hydrogen-bond donors (Lipinski definition) is 1. The number of rotatable bonds is 4. The highest BCUT2D eigenvalue weighted by Gasteiger charge is 2.33. The van der Waals surface area contributed by atoms with Gasteiger partial charge in [0.25, 0.3) is 11.5 Å². The van der Waals surface area contributed by atoms with Crippen LogP contribution < -0.4 is 10.9 Å². The van der Waals surface area contributed by atoms with Crippen LogP contribution in [0.3, 0.4) is 0 Å². The number of alkyl halides is 3. The average molecular weight is 400 g/mol. The van der Waals surface area contributed by atoms with Crippen molar-refractivity contribution in [2.24, 2.45) is 0 Å². The summed E-state index contributed by atoms with van der Waals surface area (Å²) in [6.45, 7) is 4.12. The molecule has 1 heterocycles. The van der Waals surface area contributed by atoms with Gasteiger partial charge in [0.2, 0.25) is 0 Å². The number of hydrogen-bond acceptors (Lipinski definition) is 2. The summed E-state index contributed by atoms with van der Waals surface area (Å²) >= 11 is 0. The molecule has 4 nitrogen and oxygen atoms in total. The summed E-state index contributed by atoms with van der Waals surface area (Å²) in [6, 6.07) is 13.1. The van der Waals surface area contributed by atoms with Crippen LogP contribution in [0.15, 0.2) is 65.6 Å². The van der Waals surface area contributed by atoms with Crippen LogP contribution >= 0.6 is 0 Å². The third-order valence-corrected chi connectivity index (χ3v) is 4.57. The molecule has 1 N–H and O–H groups in total. The topological polar surface area (TPSA) is 51.1 Å². The highest BCUT2D eigenvalue weighted by atomic mass is 19.4. The average Bonchev–Trinajstić information content (AvgIpc) is 2.66. The number of carbonyl (C=O) groups excluding carboxylic acids is 1. The maximum Gasteiger partial charge on any atom is 0.418 e. The lowest BCUT2D eigenvalue weighted by molar-refractivity contribution is -0.136. The molecule has 1 aromatic heterocycles. The van der Waals surface area contributed by atoms with Crippen molar-refractivity contribution in [3.8, 4) is 0 Å². The molecule has 0 aliphatic rings. The molecule has 2 aromatic carbocycles. The first kappa shape index (κ1) is 20.4. The maximum absolute atomic E-state index is 13.1. The molecule has 0 saturated carbocycles. The van der Waals surface area contributed by atoms with Gasteiger partial charge >= 0.3 is 6.18 Å². The van der Waals surface area contributed by atoms with Crippen molar-refractivity contribution in [2.45, 2.75) is 26.6 Å². The van der Waals surface area contributed by atoms with Crippen LogP contribution in [0.1, 0.15) is 32.6 Å². The van der Waals surface area contributed by atoms with Crippen LogP contribution in [0.5, 0.6) is 0 Å². The van der Waals surface area contributed by atoms with E-state index < -0.39 is 17.6 Å². The quantitative estimate of drug-likeness (QED) is 0.685. The number of anilines is 1. The summed E-state index contributed by atoms with van der Waals surface area (Å²) in [5.74, 6) is -0.726. The number of amides is 1. The molecule has 0 fully saturated rings. The lowest BCUT2D eigenvalue weighted by atomic mass is 10.1. The van der Waals surface area contributed by atoms with Gasteiger partial charge in [-0.05, 0) is 43.2 Å². The van der Waals surface area contributed by atoms with Crippen LogP contribution in [0, 0.1) is 13.8 Å². The highest BCUT2D eigenvalue weighted by Crippen LogP contribution is 2.34. The van der Waals surface area contributed by atoms with Crippen molar-refractivity contribution >= 4 is 11.6 Å². The van der Waals surface area contributed by atoms with Gasteiger partial charge in [-0.1, -0.05) is 35.9 Å². The van der Waals surface area contributed by atoms with Gasteiger partial charge in [-0.25, -0.2) is 0 Å². The van der Waals surface area contributed by atoms with Crippen molar-refractivity contribution in [1.29, 1.82) is 0 Å². The largest absolute Gasteiger partial charge is 0.418 e. The first-order valence-electron chi connectivity index (χ1n) is 8.89. The van der Waals surface area contributed by atoms with E-state index in [0.29, 0.717) is 0 Å². The predicted octanol–water partition coefficient (Wildman–Crippen LogP) is 4.78. The second-order valence-corrected chi connectivity index (χ2v) is 6.81. The first-order chi connectivity index (χ1) is 13.6. The zero-order valence-corrected chi connectivity index (χ0v) is 15.9. The molecule has 0 unspecified atom stereocenters. The van der Waals surface area contributed by atoms with Gasteiger partial charge in [-0.2, -0.15) is 13.2 Å². The molecule has 0 saturated heterocycles. The molecule has 3 rings (SSSR count). The molecule has 0 aliphatic heterocycles. The Hall–Kier alpha value is -3.35. The summed E-state index contributed by atoms with van der Waals surface area (Å²) in [5.41, 5.74) is 1.47. The lowest BCUT2D eigenvalue weighted by Gasteiger charge is -2.14. The minimum Gasteiger partial charge on any atom is -0.321 e. The zero-order chi connectivity index (χ0) is 21.2. The Morgan fingerprint density at radius 1 is 1.03 bits per heavy atom. The van der Waals surface area contributed by atoms with Crippen LogP contribution in [0.2, 0.25) is 0 Å². The van der Waals surface area contributed by atoms with E-state index in [1.54, 1.807) is 0 Å². The Bertz CT molecular complexity index is 1120. The fourth-order valence-corrected chi connectivity index (χ4v) is 2.98. The Kier molecular flexibility index (Phi) is 5.59. The summed E-state index contributed by atoms with van der Waals surface area (Å²) in [5, 5.41) is 2.29. The Labute approximate surface area is 165 Å². The molecule has 150 valence electrons. The molecule has 1 amide bonds. The second-order valence-electron chi connectivity index (χ2n) is 6.81. The van der Waals surface area contributed by atoms with Gasteiger partial charge in [-0.15, -0.1) is 0 Å². The number of benzene rings is 2. The molecule has 3 aromatic rings. The molecule has 0 atom stereocenters. The lowest BCUT2D eigenvalue weighted by Crippen LogP contribution is -2.23. The van der Waals surface area contributed by atoms with Gasteiger partial charge in [0.15, 0.2) is 0 Å². The number of aryl methyl sites for hydroxylation is 2. The zero-order valence-electron chi connectivity index (χ0n) is 15.9. The number of carbonyl (C=O) groups is 1. The molecule has 29 heavy (non-hydrogen) atoms. The van der Waals surface area contributed by atoms with Crippen LogP contribution in [0.25, 0.3) is 0 Å². The van der Waals surface area contributed by atoms with E-state index in [0.717, 1.165) is 22.8 Å². The van der Waals surface area contributed by atoms with Crippen LogP contribution in [-0.4, -0.2) is 10.5 Å². The standard InChI is InChI=1S/C22H19F3N2O2/c1-14-7-8-15(2)17(11-14)13-27-12-16(9-10-20(27)28)21(29)26-19-6-4-3-5-18(19)22(23,24)25/h3-12H,13H2,1-2H3,(H,26,29). The number of nitrogens with one attached hydrogen (secondary N) is 1. The van der Waals surface area contributed by atoms with Crippen molar-refractivity contribution in [1.82, 2.24) is 4.57 Å². The Balaban J connectivity index is 1.89. The first-order valence-corrected chi connectivity index (χ1v) is 8.89. The van der Waals surface area contributed by atoms with Gasteiger partial charge < -0.3 is 9.88 Å². The fraction of sp³-hybridized carbons (Fsp3) is 0.182. The number of halogens is 3. The van der Waals surface area contributed by atoms with E-state index in [1.165, 1.54) is 41.1 Å². The third kappa shape index (κ3) is 4.74. The summed E-state index contributed by atoms with van der Waals surface area (Å²) in [6.07, 6.45) is -3.24. The highest BCUT2D eigenvalue weighted by molar-refractivity contribution is 6.04. The Morgan fingerprint density at radius 2 is 1.76 bits per heavy atom. The second kappa shape index (κ2) is 7.95. The number of pyridine rings is 1. The van der Waals surface area contributed by atoms with E-state index in [9.17, 15) is 22.8 Å². The van der Waals surface area contributed by atoms with Crippen molar-refractivity contribution in [3.05, 3.63) is 99.0 Å². The van der Waals surface area contributed by atoms with Crippen LogP contribution in [0.4, 0.5) is 18.9 Å². The molecular formula is C22H19F3N2O2. The molecule has 0 spiro atoms. The predicted molar refractivity (Wildman–Crippen MR) is 105 cm³/mol.